The van der Waals surface area contributed by atoms with Crippen LogP contribution < -0.4 is 5.32 Å². The fourth-order valence-corrected chi connectivity index (χ4v) is 5.25. The fraction of sp³-hybridized carbons (Fsp3) is 0.933. The molecule has 0 bridgehead atoms. The number of nitrogens with zero attached hydrogens (tertiary/aromatic N) is 1. The number of β-amino-alcohol motifs (C(OH)–C–C–N with tert-alkyl or cyclic N) is 1. The molecule has 10 heteroatoms. The SMILES string of the molecule is CC(C)C.COC[C@@H]1C[C@@H](O)CN1C(=O)CCCCCNC(=O)CCCCCO[C@@H]1CC(CO)[C@H](O)[C@H](O)C1C. The minimum absolute atomic E-state index is 0.0317. The van der Waals surface area contributed by atoms with E-state index in [2.05, 4.69) is 26.1 Å². The van der Waals surface area contributed by atoms with Crippen LogP contribution in [0.4, 0.5) is 0 Å². The van der Waals surface area contributed by atoms with Crippen LogP contribution in [0.15, 0.2) is 0 Å². The van der Waals surface area contributed by atoms with Crippen molar-refractivity contribution in [2.24, 2.45) is 17.8 Å². The van der Waals surface area contributed by atoms with E-state index in [1.807, 2.05) is 6.92 Å². The molecular weight excluding hydrogens is 516 g/mol. The zero-order chi connectivity index (χ0) is 30.1. The number of carbonyl (C=O) groups is 2. The minimum Gasteiger partial charge on any atom is -0.396 e. The highest BCUT2D eigenvalue weighted by atomic mass is 16.5. The number of likely N-dealkylation sites (tertiary alicyclic amines) is 1. The van der Waals surface area contributed by atoms with E-state index in [1.54, 1.807) is 12.0 Å². The second-order valence-electron chi connectivity index (χ2n) is 12.2. The first kappa shape index (κ1) is 36.7. The topological polar surface area (TPSA) is 149 Å². The van der Waals surface area contributed by atoms with E-state index in [0.717, 1.165) is 44.4 Å². The Morgan fingerprint density at radius 2 is 1.60 bits per heavy atom. The summed E-state index contributed by atoms with van der Waals surface area (Å²) >= 11 is 0. The fourth-order valence-electron chi connectivity index (χ4n) is 5.25. The lowest BCUT2D eigenvalue weighted by Gasteiger charge is -2.40. The van der Waals surface area contributed by atoms with Gasteiger partial charge in [0.1, 0.15) is 0 Å². The van der Waals surface area contributed by atoms with Gasteiger partial charge in [0.2, 0.25) is 11.8 Å². The summed E-state index contributed by atoms with van der Waals surface area (Å²) in [7, 11) is 1.60. The predicted octanol–water partition coefficient (Wildman–Crippen LogP) is 2.25. The van der Waals surface area contributed by atoms with E-state index in [4.69, 9.17) is 9.47 Å². The Morgan fingerprint density at radius 3 is 2.25 bits per heavy atom. The summed E-state index contributed by atoms with van der Waals surface area (Å²) in [4.78, 5) is 26.2. The molecule has 1 aliphatic carbocycles. The molecule has 2 unspecified atom stereocenters. The minimum atomic E-state index is -0.912. The van der Waals surface area contributed by atoms with Crippen molar-refractivity contribution in [3.05, 3.63) is 0 Å². The van der Waals surface area contributed by atoms with Crippen molar-refractivity contribution in [2.45, 2.75) is 122 Å². The second-order valence-corrected chi connectivity index (χ2v) is 12.2. The smallest absolute Gasteiger partial charge is 0.222 e. The van der Waals surface area contributed by atoms with Crippen molar-refractivity contribution in [3.63, 3.8) is 0 Å². The summed E-state index contributed by atoms with van der Waals surface area (Å²) < 4.78 is 11.0. The molecule has 2 fully saturated rings. The number of nitrogens with one attached hydrogen (secondary N) is 1. The Morgan fingerprint density at radius 1 is 0.950 bits per heavy atom. The Balaban J connectivity index is 0.00000187. The maximum absolute atomic E-state index is 12.4. The first-order chi connectivity index (χ1) is 19.0. The monoisotopic (exact) mass is 574 g/mol. The highest BCUT2D eigenvalue weighted by Gasteiger charge is 2.41. The number of amides is 2. The Labute approximate surface area is 241 Å². The maximum atomic E-state index is 12.4. The van der Waals surface area contributed by atoms with Crippen molar-refractivity contribution < 1.29 is 39.5 Å². The van der Waals surface area contributed by atoms with E-state index in [-0.39, 0.29) is 42.4 Å². The molecule has 1 heterocycles. The number of carbonyl (C=O) groups excluding carboxylic acids is 2. The summed E-state index contributed by atoms with van der Waals surface area (Å²) in [5, 5.41) is 42.3. The lowest BCUT2D eigenvalue weighted by Crippen LogP contribution is -2.50. The standard InChI is InChI=1S/C26H48N2O8.C4H10/c1-18-22(13-19(16-29)26(34)25(18)33)36-12-8-4-5-9-23(31)27-11-7-3-6-10-24(32)28-15-21(30)14-20(28)17-35-2;1-4(2)3/h18-22,25-26,29-30,33-34H,3-17H2,1-2H3,(H,27,31);4H,1-3H3/t18?,19?,20-,21+,22+,25+,26-;/m0./s1. The van der Waals surface area contributed by atoms with Crippen molar-refractivity contribution in [1.29, 1.82) is 0 Å². The van der Waals surface area contributed by atoms with Gasteiger partial charge >= 0.3 is 0 Å². The highest BCUT2D eigenvalue weighted by Crippen LogP contribution is 2.31. The Bertz CT molecular complexity index is 690. The molecule has 7 atom stereocenters. The third-order valence-corrected chi connectivity index (χ3v) is 7.57. The number of rotatable bonds is 16. The van der Waals surface area contributed by atoms with E-state index < -0.39 is 18.3 Å². The van der Waals surface area contributed by atoms with Crippen LogP contribution in [0.2, 0.25) is 0 Å². The number of hydrogen-bond acceptors (Lipinski definition) is 8. The van der Waals surface area contributed by atoms with E-state index in [0.29, 0.717) is 52.0 Å². The van der Waals surface area contributed by atoms with Gasteiger partial charge in [-0.25, -0.2) is 0 Å². The summed E-state index contributed by atoms with van der Waals surface area (Å²) in [6, 6.07) is -0.0419. The van der Waals surface area contributed by atoms with Gasteiger partial charge in [0.25, 0.3) is 0 Å². The van der Waals surface area contributed by atoms with Crippen molar-refractivity contribution in [2.75, 3.05) is 40.0 Å². The maximum Gasteiger partial charge on any atom is 0.222 e. The van der Waals surface area contributed by atoms with E-state index in [9.17, 15) is 30.0 Å². The molecule has 0 spiro atoms. The van der Waals surface area contributed by atoms with Gasteiger partial charge in [-0.2, -0.15) is 0 Å². The molecule has 1 saturated carbocycles. The molecule has 2 rings (SSSR count). The van der Waals surface area contributed by atoms with Gasteiger partial charge in [-0.1, -0.05) is 40.5 Å². The molecule has 0 aromatic carbocycles. The van der Waals surface area contributed by atoms with Crippen LogP contribution in [0, 0.1) is 17.8 Å². The molecule has 0 aromatic rings. The average molecular weight is 575 g/mol. The van der Waals surface area contributed by atoms with Crippen molar-refractivity contribution >= 4 is 11.8 Å². The second kappa shape index (κ2) is 20.6. The summed E-state index contributed by atoms with van der Waals surface area (Å²) in [5.74, 6) is 0.371. The molecule has 5 N–H and O–H groups in total. The Kier molecular flexibility index (Phi) is 18.9. The van der Waals surface area contributed by atoms with Gasteiger partial charge in [0.05, 0.1) is 37.1 Å². The van der Waals surface area contributed by atoms with Gasteiger partial charge in [-0.05, 0) is 44.4 Å². The van der Waals surface area contributed by atoms with Crippen LogP contribution in [0.25, 0.3) is 0 Å². The summed E-state index contributed by atoms with van der Waals surface area (Å²) in [6.07, 6.45) is 4.44. The van der Waals surface area contributed by atoms with Crippen molar-refractivity contribution in [3.8, 4) is 0 Å². The largest absolute Gasteiger partial charge is 0.396 e. The third-order valence-electron chi connectivity index (χ3n) is 7.57. The van der Waals surface area contributed by atoms with Crippen molar-refractivity contribution in [1.82, 2.24) is 10.2 Å². The van der Waals surface area contributed by atoms with Gasteiger partial charge < -0.3 is 40.1 Å². The quantitative estimate of drug-likeness (QED) is 0.176. The molecular formula is C30H58N2O8. The molecule has 1 saturated heterocycles. The normalized spacial score (nSPS) is 28.4. The third kappa shape index (κ3) is 14.0. The number of ether oxygens (including phenoxy) is 2. The molecule has 10 nitrogen and oxygen atoms in total. The number of aliphatic hydroxyl groups excluding tert-OH is 4. The van der Waals surface area contributed by atoms with Crippen LogP contribution in [0.3, 0.4) is 0 Å². The first-order valence-corrected chi connectivity index (χ1v) is 15.3. The van der Waals surface area contributed by atoms with Crippen LogP contribution in [-0.2, 0) is 19.1 Å². The zero-order valence-electron chi connectivity index (χ0n) is 25.6. The molecule has 2 aliphatic rings. The number of aliphatic hydroxyl groups is 4. The zero-order valence-corrected chi connectivity index (χ0v) is 25.6. The Hall–Kier alpha value is -1.30. The summed E-state index contributed by atoms with van der Waals surface area (Å²) in [6.45, 7) is 10.1. The lowest BCUT2D eigenvalue weighted by atomic mass is 9.77. The highest BCUT2D eigenvalue weighted by molar-refractivity contribution is 5.77. The van der Waals surface area contributed by atoms with Crippen LogP contribution in [0.1, 0.15) is 91.9 Å². The van der Waals surface area contributed by atoms with Gasteiger partial charge in [0, 0.05) is 58.1 Å². The molecule has 0 radical (unpaired) electrons. The van der Waals surface area contributed by atoms with Crippen LogP contribution in [-0.4, -0.2) is 108 Å². The number of hydrogen-bond donors (Lipinski definition) is 5. The van der Waals surface area contributed by atoms with Crippen LogP contribution >= 0.6 is 0 Å². The van der Waals surface area contributed by atoms with E-state index >= 15 is 0 Å². The number of methoxy groups -OCH3 is 1. The van der Waals surface area contributed by atoms with Gasteiger partial charge in [0.15, 0.2) is 0 Å². The molecule has 1 aliphatic heterocycles. The van der Waals surface area contributed by atoms with Gasteiger partial charge in [-0.15, -0.1) is 0 Å². The first-order valence-electron chi connectivity index (χ1n) is 15.3. The number of unbranched alkanes of at least 4 members (excludes halogenated alkanes) is 4. The lowest BCUT2D eigenvalue weighted by molar-refractivity contribution is -0.144. The molecule has 40 heavy (non-hydrogen) atoms. The predicted molar refractivity (Wildman–Crippen MR) is 155 cm³/mol. The average Bonchev–Trinajstić information content (AvgIpc) is 3.27. The molecule has 2 amide bonds. The summed E-state index contributed by atoms with van der Waals surface area (Å²) in [5.41, 5.74) is 0. The van der Waals surface area contributed by atoms with Gasteiger partial charge in [-0.3, -0.25) is 9.59 Å². The molecule has 0 aromatic heterocycles. The van der Waals surface area contributed by atoms with Crippen LogP contribution in [0.5, 0.6) is 0 Å². The van der Waals surface area contributed by atoms with E-state index in [1.165, 1.54) is 0 Å². The molecule has 236 valence electrons.